The molecule has 1 aliphatic heterocycles. The van der Waals surface area contributed by atoms with Crippen molar-refractivity contribution in [3.8, 4) is 0 Å². The fourth-order valence-electron chi connectivity index (χ4n) is 2.93. The Morgan fingerprint density at radius 2 is 1.92 bits per heavy atom. The van der Waals surface area contributed by atoms with Gasteiger partial charge in [0.05, 0.1) is 0 Å². The molecule has 1 aliphatic rings. The van der Waals surface area contributed by atoms with E-state index in [2.05, 4.69) is 0 Å². The Hall–Kier alpha value is -1.82. The van der Waals surface area contributed by atoms with E-state index in [1.54, 1.807) is 17.4 Å². The second kappa shape index (κ2) is 7.83. The summed E-state index contributed by atoms with van der Waals surface area (Å²) in [6.07, 6.45) is 3.49. The van der Waals surface area contributed by atoms with Crippen LogP contribution in [0.3, 0.4) is 0 Å². The average molecular weight is 351 g/mol. The number of hydrogen-bond donors (Lipinski definition) is 0. The van der Waals surface area contributed by atoms with E-state index in [4.69, 9.17) is 4.74 Å². The lowest BCUT2D eigenvalue weighted by molar-refractivity contribution is -0.116. The van der Waals surface area contributed by atoms with Crippen LogP contribution in [0.4, 0.5) is 4.79 Å². The van der Waals surface area contributed by atoms with Gasteiger partial charge in [-0.1, -0.05) is 43.7 Å². The van der Waals surface area contributed by atoms with Crippen LogP contribution in [0.25, 0.3) is 0 Å². The molecule has 0 aromatic heterocycles. The smallest absolute Gasteiger partial charge is 0.410 e. The van der Waals surface area contributed by atoms with Crippen LogP contribution in [0.1, 0.15) is 18.9 Å². The number of rotatable bonds is 5. The van der Waals surface area contributed by atoms with E-state index in [0.29, 0.717) is 13.1 Å². The third kappa shape index (κ3) is 5.09. The highest BCUT2D eigenvalue weighted by molar-refractivity contribution is 8.01. The quantitative estimate of drug-likeness (QED) is 0.763. The minimum Gasteiger partial charge on any atom is -0.445 e. The Balaban J connectivity index is 1.99. The summed E-state index contributed by atoms with van der Waals surface area (Å²) in [6, 6.07) is 9.48. The topological polar surface area (TPSA) is 63.7 Å². The van der Waals surface area contributed by atoms with Gasteiger partial charge in [-0.25, -0.2) is 4.79 Å². The van der Waals surface area contributed by atoms with E-state index in [0.717, 1.165) is 12.0 Å². The maximum Gasteiger partial charge on any atom is 0.410 e. The Bertz CT molecular complexity index is 699. The summed E-state index contributed by atoms with van der Waals surface area (Å²) in [6.45, 7) is 3.05. The van der Waals surface area contributed by atoms with Gasteiger partial charge < -0.3 is 9.64 Å². The molecular formula is C18H25NO4S. The van der Waals surface area contributed by atoms with Gasteiger partial charge in [0.25, 0.3) is 0 Å². The molecule has 6 heteroatoms. The second-order valence-corrected chi connectivity index (χ2v) is 9.40. The molecule has 0 radical (unpaired) electrons. The Morgan fingerprint density at radius 1 is 1.25 bits per heavy atom. The van der Waals surface area contributed by atoms with Crippen LogP contribution in [0.5, 0.6) is 0 Å². The molecule has 0 spiro atoms. The van der Waals surface area contributed by atoms with Crippen LogP contribution in [0.2, 0.25) is 0 Å². The van der Waals surface area contributed by atoms with E-state index >= 15 is 0 Å². The van der Waals surface area contributed by atoms with Crippen LogP contribution in [-0.2, 0) is 25.7 Å². The summed E-state index contributed by atoms with van der Waals surface area (Å²) in [5, 5.41) is 1.32. The molecule has 0 N–H and O–H groups in total. The maximum atomic E-state index is 12.4. The first kappa shape index (κ1) is 18.5. The third-order valence-corrected chi connectivity index (χ3v) is 4.99. The molecule has 1 aromatic carbocycles. The molecule has 2 atom stereocenters. The fraction of sp³-hybridized carbons (Fsp3) is 0.500. The molecule has 2 rings (SSSR count). The lowest BCUT2D eigenvalue weighted by Gasteiger charge is -2.16. The monoisotopic (exact) mass is 351 g/mol. The average Bonchev–Trinajstić information content (AvgIpc) is 2.96. The molecule has 1 aromatic rings. The summed E-state index contributed by atoms with van der Waals surface area (Å²) in [5.41, 5.74) is 0.926. The highest BCUT2D eigenvalue weighted by atomic mass is 32.2. The predicted molar refractivity (Wildman–Crippen MR) is 96.5 cm³/mol. The van der Waals surface area contributed by atoms with Crippen molar-refractivity contribution < 1.29 is 18.5 Å². The summed E-state index contributed by atoms with van der Waals surface area (Å²) in [4.78, 5) is 26.2. The van der Waals surface area contributed by atoms with Gasteiger partial charge >= 0.3 is 6.09 Å². The number of benzene rings is 1. The van der Waals surface area contributed by atoms with Crippen LogP contribution < -0.4 is 0 Å². The normalized spacial score (nSPS) is 20.7. The molecule has 1 amide bonds. The SMILES string of the molecule is CC[C@H]1CN(C(=O)OCc2ccccc2)CC1C(=O)C=S(C)(C)=O. The zero-order chi connectivity index (χ0) is 17.7. The number of carbonyl (C=O) groups is 2. The van der Waals surface area contributed by atoms with Crippen LogP contribution >= 0.6 is 0 Å². The molecule has 1 fully saturated rings. The number of carbonyl (C=O) groups excluding carboxylic acids is 2. The number of ether oxygens (including phenoxy) is 1. The largest absolute Gasteiger partial charge is 0.445 e. The van der Waals surface area contributed by atoms with E-state index in [1.807, 2.05) is 37.3 Å². The second-order valence-electron chi connectivity index (χ2n) is 6.55. The number of hydrogen-bond acceptors (Lipinski definition) is 4. The highest BCUT2D eigenvalue weighted by Crippen LogP contribution is 2.27. The summed E-state index contributed by atoms with van der Waals surface area (Å²) < 4.78 is 17.2. The van der Waals surface area contributed by atoms with Gasteiger partial charge in [0, 0.05) is 36.9 Å². The van der Waals surface area contributed by atoms with Crippen LogP contribution in [0.15, 0.2) is 30.3 Å². The van der Waals surface area contributed by atoms with Crippen LogP contribution in [-0.4, -0.2) is 52.0 Å². The van der Waals surface area contributed by atoms with Crippen molar-refractivity contribution >= 4 is 26.8 Å². The van der Waals surface area contributed by atoms with E-state index in [-0.39, 0.29) is 24.2 Å². The van der Waals surface area contributed by atoms with Gasteiger partial charge in [-0.2, -0.15) is 0 Å². The summed E-state index contributed by atoms with van der Waals surface area (Å²) in [7, 11) is -2.24. The van der Waals surface area contributed by atoms with Gasteiger partial charge in [-0.15, -0.1) is 0 Å². The molecule has 1 saturated heterocycles. The first-order chi connectivity index (χ1) is 11.3. The van der Waals surface area contributed by atoms with E-state index < -0.39 is 15.6 Å². The van der Waals surface area contributed by atoms with Gasteiger partial charge in [0.1, 0.15) is 6.61 Å². The van der Waals surface area contributed by atoms with Gasteiger partial charge in [0.15, 0.2) is 5.78 Å². The first-order valence-electron chi connectivity index (χ1n) is 8.08. The lowest BCUT2D eigenvalue weighted by Crippen LogP contribution is -2.31. The number of amides is 1. The lowest BCUT2D eigenvalue weighted by atomic mass is 9.91. The van der Waals surface area contributed by atoms with E-state index in [1.165, 1.54) is 5.37 Å². The van der Waals surface area contributed by atoms with Crippen molar-refractivity contribution in [2.45, 2.75) is 20.0 Å². The number of Topliss-reactive ketones (excluding diaryl/α,β-unsaturated/α-hetero) is 1. The fourth-order valence-corrected chi connectivity index (χ4v) is 3.67. The minimum atomic E-state index is -2.24. The molecule has 1 unspecified atom stereocenters. The van der Waals surface area contributed by atoms with Gasteiger partial charge in [0.2, 0.25) is 0 Å². The maximum absolute atomic E-state index is 12.4. The molecular weight excluding hydrogens is 326 g/mol. The predicted octanol–water partition coefficient (Wildman–Crippen LogP) is 2.20. The molecule has 132 valence electrons. The van der Waals surface area contributed by atoms with Crippen molar-refractivity contribution in [2.75, 3.05) is 25.6 Å². The van der Waals surface area contributed by atoms with Crippen molar-refractivity contribution in [1.82, 2.24) is 4.90 Å². The van der Waals surface area contributed by atoms with Gasteiger partial charge in [-0.05, 0) is 21.0 Å². The molecule has 0 saturated carbocycles. The standard InChI is InChI=1S/C18H25NO4S/c1-4-15-10-19(11-16(15)17(20)13-24(2,3)22)18(21)23-12-14-8-6-5-7-9-14/h5-9,13,15-16H,4,10-12H2,1-3H3/t15-,16?/m0/s1. The van der Waals surface area contributed by atoms with Crippen molar-refractivity contribution in [3.05, 3.63) is 35.9 Å². The summed E-state index contributed by atoms with van der Waals surface area (Å²) in [5.74, 6) is -0.338. The minimum absolute atomic E-state index is 0.0831. The Morgan fingerprint density at radius 3 is 2.50 bits per heavy atom. The number of nitrogens with zero attached hydrogens (tertiary/aromatic N) is 1. The third-order valence-electron chi connectivity index (χ3n) is 4.19. The first-order valence-corrected chi connectivity index (χ1v) is 10.5. The Labute approximate surface area is 144 Å². The molecule has 24 heavy (non-hydrogen) atoms. The highest BCUT2D eigenvalue weighted by Gasteiger charge is 2.38. The molecule has 1 heterocycles. The van der Waals surface area contributed by atoms with E-state index in [9.17, 15) is 13.8 Å². The van der Waals surface area contributed by atoms with Crippen molar-refractivity contribution in [2.24, 2.45) is 11.8 Å². The van der Waals surface area contributed by atoms with Crippen LogP contribution in [0, 0.1) is 11.8 Å². The zero-order valence-electron chi connectivity index (χ0n) is 14.4. The number of likely N-dealkylation sites (tertiary alicyclic amines) is 1. The summed E-state index contributed by atoms with van der Waals surface area (Å²) >= 11 is 0. The molecule has 5 nitrogen and oxygen atoms in total. The Kier molecular flexibility index (Phi) is 6.04. The van der Waals surface area contributed by atoms with Crippen molar-refractivity contribution in [1.29, 1.82) is 0 Å². The van der Waals surface area contributed by atoms with Crippen molar-refractivity contribution in [3.63, 3.8) is 0 Å². The zero-order valence-corrected chi connectivity index (χ0v) is 15.3. The number of ketones is 1. The molecule has 0 aliphatic carbocycles. The molecule has 0 bridgehead atoms. The van der Waals surface area contributed by atoms with Gasteiger partial charge in [-0.3, -0.25) is 9.00 Å².